The van der Waals surface area contributed by atoms with Gasteiger partial charge in [0.25, 0.3) is 0 Å². The highest BCUT2D eigenvalue weighted by atomic mass is 32.1. The Morgan fingerprint density at radius 3 is 3.00 bits per heavy atom. The van der Waals surface area contributed by atoms with Crippen molar-refractivity contribution in [2.75, 3.05) is 19.0 Å². The van der Waals surface area contributed by atoms with Gasteiger partial charge in [0.05, 0.1) is 12.9 Å². The fourth-order valence-electron chi connectivity index (χ4n) is 1.59. The van der Waals surface area contributed by atoms with E-state index in [1.807, 2.05) is 6.92 Å². The first kappa shape index (κ1) is 14.5. The second kappa shape index (κ2) is 7.01. The fraction of sp³-hybridized carbons (Fsp3) is 0.417. The summed E-state index contributed by atoms with van der Waals surface area (Å²) < 4.78 is 10.3. The number of ether oxygens (including phenoxy) is 1. The van der Waals surface area contributed by atoms with Crippen LogP contribution in [0.2, 0.25) is 0 Å². The van der Waals surface area contributed by atoms with Gasteiger partial charge in [0.15, 0.2) is 0 Å². The van der Waals surface area contributed by atoms with Gasteiger partial charge in [-0.2, -0.15) is 0 Å². The SMILES string of the molecule is CCc1nnc(NC(=O)N[C@@H](COC)c2ccco2)s1. The smallest absolute Gasteiger partial charge is 0.321 e. The summed E-state index contributed by atoms with van der Waals surface area (Å²) in [7, 11) is 1.56. The molecule has 0 aliphatic heterocycles. The number of rotatable bonds is 6. The summed E-state index contributed by atoms with van der Waals surface area (Å²) in [5.74, 6) is 0.633. The lowest BCUT2D eigenvalue weighted by atomic mass is 10.2. The molecule has 0 spiro atoms. The number of anilines is 1. The van der Waals surface area contributed by atoms with Gasteiger partial charge in [-0.05, 0) is 18.6 Å². The van der Waals surface area contributed by atoms with E-state index in [2.05, 4.69) is 20.8 Å². The van der Waals surface area contributed by atoms with Crippen LogP contribution in [0, 0.1) is 0 Å². The minimum atomic E-state index is -0.373. The van der Waals surface area contributed by atoms with Crippen LogP contribution in [0.4, 0.5) is 9.93 Å². The number of furan rings is 1. The Kier molecular flexibility index (Phi) is 5.08. The molecule has 1 atom stereocenters. The van der Waals surface area contributed by atoms with Crippen molar-refractivity contribution in [3.63, 3.8) is 0 Å². The lowest BCUT2D eigenvalue weighted by molar-refractivity contribution is 0.159. The van der Waals surface area contributed by atoms with Crippen LogP contribution in [-0.2, 0) is 11.2 Å². The van der Waals surface area contributed by atoms with Crippen LogP contribution in [0.25, 0.3) is 0 Å². The summed E-state index contributed by atoms with van der Waals surface area (Å²) >= 11 is 1.35. The molecule has 0 saturated carbocycles. The van der Waals surface area contributed by atoms with E-state index in [1.54, 1.807) is 25.5 Å². The van der Waals surface area contributed by atoms with Gasteiger partial charge in [-0.1, -0.05) is 18.3 Å². The zero-order valence-electron chi connectivity index (χ0n) is 11.3. The molecule has 0 aliphatic carbocycles. The minimum absolute atomic E-state index is 0.317. The molecule has 2 heterocycles. The first-order valence-electron chi connectivity index (χ1n) is 6.15. The second-order valence-corrected chi connectivity index (χ2v) is 5.04. The fourth-order valence-corrected chi connectivity index (χ4v) is 2.26. The normalized spacial score (nSPS) is 12.1. The molecule has 0 aromatic carbocycles. The quantitative estimate of drug-likeness (QED) is 0.853. The molecule has 108 valence electrons. The van der Waals surface area contributed by atoms with E-state index in [0.717, 1.165) is 11.4 Å². The molecule has 2 aromatic rings. The highest BCUT2D eigenvalue weighted by molar-refractivity contribution is 7.15. The first-order chi connectivity index (χ1) is 9.72. The van der Waals surface area contributed by atoms with Crippen molar-refractivity contribution in [3.8, 4) is 0 Å². The maximum absolute atomic E-state index is 11.9. The van der Waals surface area contributed by atoms with Crippen LogP contribution in [0.1, 0.15) is 23.7 Å². The van der Waals surface area contributed by atoms with Gasteiger partial charge in [0.2, 0.25) is 5.13 Å². The molecule has 7 nitrogen and oxygen atoms in total. The molecule has 0 saturated heterocycles. The molecular weight excluding hydrogens is 280 g/mol. The Morgan fingerprint density at radius 2 is 2.40 bits per heavy atom. The molecule has 0 fully saturated rings. The predicted molar refractivity (Wildman–Crippen MR) is 74.8 cm³/mol. The van der Waals surface area contributed by atoms with Crippen LogP contribution >= 0.6 is 11.3 Å². The number of aromatic nitrogens is 2. The van der Waals surface area contributed by atoms with Crippen molar-refractivity contribution >= 4 is 22.5 Å². The van der Waals surface area contributed by atoms with Crippen molar-refractivity contribution in [1.29, 1.82) is 0 Å². The third-order valence-corrected chi connectivity index (χ3v) is 3.50. The standard InChI is InChI=1S/C12H16N4O3S/c1-3-10-15-16-12(20-10)14-11(17)13-8(7-18-2)9-5-4-6-19-9/h4-6,8H,3,7H2,1-2H3,(H2,13,14,16,17)/t8-/m0/s1. The number of urea groups is 1. The number of hydrogen-bond acceptors (Lipinski definition) is 6. The number of carbonyl (C=O) groups is 1. The summed E-state index contributed by atoms with van der Waals surface area (Å²) in [5.41, 5.74) is 0. The zero-order valence-corrected chi connectivity index (χ0v) is 12.1. The number of nitrogens with one attached hydrogen (secondary N) is 2. The number of amides is 2. The molecule has 20 heavy (non-hydrogen) atoms. The number of nitrogens with zero attached hydrogens (tertiary/aromatic N) is 2. The van der Waals surface area contributed by atoms with E-state index in [9.17, 15) is 4.79 Å². The molecule has 0 radical (unpaired) electrons. The van der Waals surface area contributed by atoms with E-state index in [1.165, 1.54) is 11.3 Å². The predicted octanol–water partition coefficient (Wildman–Crippen LogP) is 2.20. The molecule has 0 bridgehead atoms. The van der Waals surface area contributed by atoms with Crippen molar-refractivity contribution in [2.24, 2.45) is 0 Å². The molecule has 2 rings (SSSR count). The molecule has 2 amide bonds. The molecule has 8 heteroatoms. The Morgan fingerprint density at radius 1 is 1.55 bits per heavy atom. The van der Waals surface area contributed by atoms with Gasteiger partial charge in [-0.25, -0.2) is 4.79 Å². The van der Waals surface area contributed by atoms with Crippen molar-refractivity contribution < 1.29 is 13.9 Å². The van der Waals surface area contributed by atoms with E-state index in [-0.39, 0.29) is 12.1 Å². The third kappa shape index (κ3) is 3.78. The van der Waals surface area contributed by atoms with Gasteiger partial charge in [-0.3, -0.25) is 5.32 Å². The van der Waals surface area contributed by atoms with E-state index >= 15 is 0 Å². The summed E-state index contributed by atoms with van der Waals surface area (Å²) in [6.45, 7) is 2.30. The van der Waals surface area contributed by atoms with Crippen LogP contribution in [0.5, 0.6) is 0 Å². The summed E-state index contributed by atoms with van der Waals surface area (Å²) in [4.78, 5) is 11.9. The van der Waals surface area contributed by atoms with E-state index in [4.69, 9.17) is 9.15 Å². The monoisotopic (exact) mass is 296 g/mol. The van der Waals surface area contributed by atoms with Crippen LogP contribution in [0.3, 0.4) is 0 Å². The average Bonchev–Trinajstić information content (AvgIpc) is 3.09. The van der Waals surface area contributed by atoms with Gasteiger partial charge in [0.1, 0.15) is 16.8 Å². The first-order valence-corrected chi connectivity index (χ1v) is 6.96. The number of aryl methyl sites for hydroxylation is 1. The highest BCUT2D eigenvalue weighted by Crippen LogP contribution is 2.17. The number of hydrogen-bond donors (Lipinski definition) is 2. The maximum Gasteiger partial charge on any atom is 0.321 e. The third-order valence-electron chi connectivity index (χ3n) is 2.52. The molecule has 0 aliphatic rings. The summed E-state index contributed by atoms with van der Waals surface area (Å²) in [6, 6.07) is 2.82. The second-order valence-electron chi connectivity index (χ2n) is 3.98. The lowest BCUT2D eigenvalue weighted by Crippen LogP contribution is -2.34. The van der Waals surface area contributed by atoms with Crippen LogP contribution < -0.4 is 10.6 Å². The maximum atomic E-state index is 11.9. The Bertz CT molecular complexity index is 541. The Labute approximate surface area is 120 Å². The minimum Gasteiger partial charge on any atom is -0.467 e. The molecular formula is C12H16N4O3S. The van der Waals surface area contributed by atoms with E-state index < -0.39 is 0 Å². The molecule has 2 aromatic heterocycles. The summed E-state index contributed by atoms with van der Waals surface area (Å²) in [5, 5.41) is 14.6. The van der Waals surface area contributed by atoms with E-state index in [0.29, 0.717) is 17.5 Å². The van der Waals surface area contributed by atoms with Crippen molar-refractivity contribution in [3.05, 3.63) is 29.2 Å². The zero-order chi connectivity index (χ0) is 14.4. The van der Waals surface area contributed by atoms with Crippen LogP contribution in [-0.4, -0.2) is 29.9 Å². The largest absolute Gasteiger partial charge is 0.467 e. The van der Waals surface area contributed by atoms with Crippen LogP contribution in [0.15, 0.2) is 22.8 Å². The topological polar surface area (TPSA) is 89.3 Å². The number of methoxy groups -OCH3 is 1. The van der Waals surface area contributed by atoms with Gasteiger partial charge in [0, 0.05) is 7.11 Å². The Hall–Kier alpha value is -1.93. The summed E-state index contributed by atoms with van der Waals surface area (Å²) in [6.07, 6.45) is 2.34. The highest BCUT2D eigenvalue weighted by Gasteiger charge is 2.17. The molecule has 0 unspecified atom stereocenters. The van der Waals surface area contributed by atoms with Gasteiger partial charge < -0.3 is 14.5 Å². The van der Waals surface area contributed by atoms with Crippen molar-refractivity contribution in [2.45, 2.75) is 19.4 Å². The lowest BCUT2D eigenvalue weighted by Gasteiger charge is -2.15. The Balaban J connectivity index is 1.94. The van der Waals surface area contributed by atoms with Gasteiger partial charge >= 0.3 is 6.03 Å². The average molecular weight is 296 g/mol. The van der Waals surface area contributed by atoms with Crippen molar-refractivity contribution in [1.82, 2.24) is 15.5 Å². The molecule has 2 N–H and O–H groups in total. The number of carbonyl (C=O) groups excluding carboxylic acids is 1. The van der Waals surface area contributed by atoms with Gasteiger partial charge in [-0.15, -0.1) is 10.2 Å².